The van der Waals surface area contributed by atoms with Gasteiger partial charge in [-0.25, -0.2) is 9.78 Å². The van der Waals surface area contributed by atoms with E-state index in [-0.39, 0.29) is 19.3 Å². The van der Waals surface area contributed by atoms with E-state index in [1.54, 1.807) is 0 Å². The summed E-state index contributed by atoms with van der Waals surface area (Å²) >= 11 is 1.48. The molecule has 2 rings (SSSR count). The summed E-state index contributed by atoms with van der Waals surface area (Å²) in [6.45, 7) is 1.51. The Labute approximate surface area is 208 Å². The van der Waals surface area contributed by atoms with Crippen molar-refractivity contribution in [3.63, 3.8) is 0 Å². The van der Waals surface area contributed by atoms with Crippen LogP contribution in [0.3, 0.4) is 0 Å². The second-order valence-electron chi connectivity index (χ2n) is 8.06. The lowest BCUT2D eigenvalue weighted by Crippen LogP contribution is -2.57. The molecule has 0 saturated carbocycles. The molecule has 0 saturated heterocycles. The number of H-pyrrole nitrogens is 1. The summed E-state index contributed by atoms with van der Waals surface area (Å²) < 4.78 is 0. The van der Waals surface area contributed by atoms with Gasteiger partial charge in [-0.15, -0.1) is 0 Å². The Bertz CT molecular complexity index is 970. The minimum atomic E-state index is -1.21. The number of carboxylic acid groups (broad SMARTS) is 1. The molecule has 0 radical (unpaired) electrons. The molecule has 4 atom stereocenters. The van der Waals surface area contributed by atoms with Crippen molar-refractivity contribution >= 4 is 35.5 Å². The van der Waals surface area contributed by atoms with Crippen LogP contribution in [0.1, 0.15) is 24.6 Å². The molecule has 2 aromatic rings. The van der Waals surface area contributed by atoms with Gasteiger partial charge in [0.15, 0.2) is 0 Å². The Morgan fingerprint density at radius 2 is 1.63 bits per heavy atom. The van der Waals surface area contributed by atoms with Crippen LogP contribution in [0.2, 0.25) is 0 Å². The van der Waals surface area contributed by atoms with E-state index in [1.165, 1.54) is 31.2 Å². The molecular formula is C23H32N6O5S. The van der Waals surface area contributed by atoms with Gasteiger partial charge in [-0.05, 0) is 30.9 Å². The molecule has 0 aliphatic heterocycles. The highest BCUT2D eigenvalue weighted by molar-refractivity contribution is 7.98. The first kappa shape index (κ1) is 27.9. The maximum Gasteiger partial charge on any atom is 0.326 e. The average Bonchev–Trinajstić information content (AvgIpc) is 3.34. The Morgan fingerprint density at radius 3 is 2.20 bits per heavy atom. The molecule has 7 N–H and O–H groups in total. The first-order valence-corrected chi connectivity index (χ1v) is 12.5. The number of hydrogen-bond donors (Lipinski definition) is 6. The summed E-state index contributed by atoms with van der Waals surface area (Å²) in [7, 11) is 0. The Balaban J connectivity index is 2.16. The lowest BCUT2D eigenvalue weighted by Gasteiger charge is -2.25. The van der Waals surface area contributed by atoms with Crippen LogP contribution in [0.25, 0.3) is 0 Å². The van der Waals surface area contributed by atoms with Crippen molar-refractivity contribution in [3.8, 4) is 0 Å². The third-order valence-corrected chi connectivity index (χ3v) is 5.81. The van der Waals surface area contributed by atoms with Gasteiger partial charge in [-0.2, -0.15) is 11.8 Å². The fourth-order valence-corrected chi connectivity index (χ4v) is 3.70. The number of carbonyl (C=O) groups is 4. The van der Waals surface area contributed by atoms with E-state index in [4.69, 9.17) is 5.73 Å². The van der Waals surface area contributed by atoms with Crippen molar-refractivity contribution in [2.75, 3.05) is 12.0 Å². The standard InChI is InChI=1S/C23H32N6O5S/c1-14(24)20(30)28-18(10-15-6-4-3-5-7-15)22(32)27-17(8-9-35-2)21(31)29-19(23(33)34)11-16-12-25-13-26-16/h3-7,12-14,17-19H,8-11,24H2,1-2H3,(H,25,26)(H,27,32)(H,28,30)(H,29,31)(H,33,34). The molecule has 1 aromatic carbocycles. The number of rotatable bonds is 14. The Kier molecular flexibility index (Phi) is 11.2. The normalized spacial score (nSPS) is 14.3. The number of nitrogens with two attached hydrogens (primary N) is 1. The lowest BCUT2D eigenvalue weighted by molar-refractivity contribution is -0.142. The minimum absolute atomic E-state index is 0.00530. The number of aromatic amines is 1. The predicted molar refractivity (Wildman–Crippen MR) is 133 cm³/mol. The Morgan fingerprint density at radius 1 is 1.00 bits per heavy atom. The molecule has 0 aliphatic rings. The third-order valence-electron chi connectivity index (χ3n) is 5.17. The van der Waals surface area contributed by atoms with Crippen LogP contribution < -0.4 is 21.7 Å². The van der Waals surface area contributed by atoms with E-state index >= 15 is 0 Å². The molecule has 3 amide bonds. The van der Waals surface area contributed by atoms with Crippen molar-refractivity contribution in [2.45, 2.75) is 50.4 Å². The number of carboxylic acids is 1. The minimum Gasteiger partial charge on any atom is -0.480 e. The first-order chi connectivity index (χ1) is 16.7. The second kappa shape index (κ2) is 14.1. The van der Waals surface area contributed by atoms with Gasteiger partial charge in [0, 0.05) is 24.7 Å². The van der Waals surface area contributed by atoms with Gasteiger partial charge in [-0.3, -0.25) is 14.4 Å². The number of amides is 3. The molecule has 1 aromatic heterocycles. The van der Waals surface area contributed by atoms with Crippen molar-refractivity contribution in [2.24, 2.45) is 5.73 Å². The van der Waals surface area contributed by atoms with Crippen molar-refractivity contribution in [3.05, 3.63) is 54.1 Å². The zero-order valence-electron chi connectivity index (χ0n) is 19.7. The molecule has 1 heterocycles. The summed E-state index contributed by atoms with van der Waals surface area (Å²) in [5.74, 6) is -2.36. The van der Waals surface area contributed by atoms with Gasteiger partial charge in [-0.1, -0.05) is 30.3 Å². The van der Waals surface area contributed by atoms with Crippen molar-refractivity contribution in [1.29, 1.82) is 0 Å². The Hall–Kier alpha value is -3.38. The van der Waals surface area contributed by atoms with Crippen molar-refractivity contribution < 1.29 is 24.3 Å². The average molecular weight is 505 g/mol. The van der Waals surface area contributed by atoms with Crippen LogP contribution in [0, 0.1) is 0 Å². The van der Waals surface area contributed by atoms with Crippen LogP contribution in [0.5, 0.6) is 0 Å². The molecule has 190 valence electrons. The number of nitrogens with one attached hydrogen (secondary N) is 4. The predicted octanol–water partition coefficient (Wildman–Crippen LogP) is -0.166. The summed E-state index contributed by atoms with van der Waals surface area (Å²) in [6.07, 6.45) is 5.22. The summed E-state index contributed by atoms with van der Waals surface area (Å²) in [5.41, 5.74) is 7.02. The van der Waals surface area contributed by atoms with E-state index in [0.29, 0.717) is 11.4 Å². The molecule has 0 aliphatic carbocycles. The van der Waals surface area contributed by atoms with Gasteiger partial charge < -0.3 is 31.8 Å². The molecule has 0 bridgehead atoms. The van der Waals surface area contributed by atoms with Gasteiger partial charge in [0.25, 0.3) is 0 Å². The topological polar surface area (TPSA) is 179 Å². The number of aliphatic carboxylic acids is 1. The zero-order valence-corrected chi connectivity index (χ0v) is 20.5. The van der Waals surface area contributed by atoms with Crippen LogP contribution in [0.15, 0.2) is 42.9 Å². The van der Waals surface area contributed by atoms with Crippen LogP contribution >= 0.6 is 11.8 Å². The number of hydrogen-bond acceptors (Lipinski definition) is 7. The molecule has 12 heteroatoms. The fraction of sp³-hybridized carbons (Fsp3) is 0.435. The second-order valence-corrected chi connectivity index (χ2v) is 9.05. The molecule has 35 heavy (non-hydrogen) atoms. The van der Waals surface area contributed by atoms with E-state index < -0.39 is 47.9 Å². The smallest absolute Gasteiger partial charge is 0.326 e. The number of nitrogens with zero attached hydrogens (tertiary/aromatic N) is 1. The van der Waals surface area contributed by atoms with Gasteiger partial charge in [0.2, 0.25) is 17.7 Å². The molecule has 4 unspecified atom stereocenters. The molecule has 0 spiro atoms. The van der Waals surface area contributed by atoms with Gasteiger partial charge in [0.05, 0.1) is 12.4 Å². The van der Waals surface area contributed by atoms with Gasteiger partial charge in [0.1, 0.15) is 18.1 Å². The highest BCUT2D eigenvalue weighted by Crippen LogP contribution is 2.07. The molecular weight excluding hydrogens is 472 g/mol. The largest absolute Gasteiger partial charge is 0.480 e. The number of benzene rings is 1. The third kappa shape index (κ3) is 9.41. The summed E-state index contributed by atoms with van der Waals surface area (Å²) in [6, 6.07) is 5.11. The maximum absolute atomic E-state index is 13.2. The summed E-state index contributed by atoms with van der Waals surface area (Å²) in [5, 5.41) is 17.4. The van der Waals surface area contributed by atoms with E-state index in [0.717, 1.165) is 5.56 Å². The number of imidazole rings is 1. The lowest BCUT2D eigenvalue weighted by atomic mass is 10.0. The monoisotopic (exact) mass is 504 g/mol. The number of aromatic nitrogens is 2. The number of carbonyl (C=O) groups excluding carboxylic acids is 3. The quantitative estimate of drug-likeness (QED) is 0.205. The first-order valence-electron chi connectivity index (χ1n) is 11.1. The maximum atomic E-state index is 13.2. The highest BCUT2D eigenvalue weighted by atomic mass is 32.2. The SMILES string of the molecule is CSCCC(NC(=O)C(Cc1ccccc1)NC(=O)C(C)N)C(=O)NC(Cc1cnc[nH]1)C(=O)O. The highest BCUT2D eigenvalue weighted by Gasteiger charge is 2.30. The number of thioether (sulfide) groups is 1. The summed E-state index contributed by atoms with van der Waals surface area (Å²) in [4.78, 5) is 56.8. The zero-order chi connectivity index (χ0) is 25.8. The van der Waals surface area contributed by atoms with E-state index in [1.807, 2.05) is 36.6 Å². The van der Waals surface area contributed by atoms with E-state index in [2.05, 4.69) is 25.9 Å². The van der Waals surface area contributed by atoms with Gasteiger partial charge >= 0.3 is 5.97 Å². The fourth-order valence-electron chi connectivity index (χ4n) is 3.23. The van der Waals surface area contributed by atoms with Crippen LogP contribution in [0.4, 0.5) is 0 Å². The van der Waals surface area contributed by atoms with Crippen LogP contribution in [-0.4, -0.2) is 74.9 Å². The molecule has 0 fully saturated rings. The van der Waals surface area contributed by atoms with Crippen LogP contribution in [-0.2, 0) is 32.0 Å². The van der Waals surface area contributed by atoms with E-state index in [9.17, 15) is 24.3 Å². The molecule has 11 nitrogen and oxygen atoms in total. The van der Waals surface area contributed by atoms with Crippen molar-refractivity contribution in [1.82, 2.24) is 25.9 Å².